The monoisotopic (exact) mass is 471 g/mol. The van der Waals surface area contributed by atoms with E-state index < -0.39 is 10.0 Å². The first-order chi connectivity index (χ1) is 15.8. The highest BCUT2D eigenvalue weighted by molar-refractivity contribution is 7.89. The van der Waals surface area contributed by atoms with Crippen LogP contribution in [0.1, 0.15) is 36.8 Å². The van der Waals surface area contributed by atoms with E-state index in [1.807, 2.05) is 25.1 Å². The maximum absolute atomic E-state index is 13.2. The van der Waals surface area contributed by atoms with Crippen LogP contribution in [0.25, 0.3) is 0 Å². The second-order valence-corrected chi connectivity index (χ2v) is 10.5. The lowest BCUT2D eigenvalue weighted by atomic mass is 9.97. The molecule has 0 radical (unpaired) electrons. The fourth-order valence-electron chi connectivity index (χ4n) is 4.37. The van der Waals surface area contributed by atoms with E-state index in [2.05, 4.69) is 10.6 Å². The Labute approximate surface area is 194 Å². The van der Waals surface area contributed by atoms with E-state index in [0.717, 1.165) is 11.1 Å². The van der Waals surface area contributed by atoms with Gasteiger partial charge in [0.25, 0.3) is 0 Å². The number of nitrogens with one attached hydrogen (secondary N) is 2. The van der Waals surface area contributed by atoms with E-state index in [1.165, 1.54) is 4.31 Å². The highest BCUT2D eigenvalue weighted by Gasteiger charge is 2.33. The molecule has 0 bridgehead atoms. The van der Waals surface area contributed by atoms with Gasteiger partial charge in [0.05, 0.1) is 17.7 Å². The predicted octanol–water partition coefficient (Wildman–Crippen LogP) is 3.32. The Bertz CT molecular complexity index is 1170. The number of piperidine rings is 1. The number of sulfonamides is 1. The van der Waals surface area contributed by atoms with Crippen LogP contribution in [0, 0.1) is 12.8 Å². The molecule has 0 atom stereocenters. The van der Waals surface area contributed by atoms with E-state index in [1.54, 1.807) is 25.3 Å². The molecule has 2 amide bonds. The summed E-state index contributed by atoms with van der Waals surface area (Å²) in [5.41, 5.74) is 3.14. The summed E-state index contributed by atoms with van der Waals surface area (Å²) in [5, 5.41) is 5.76. The molecule has 9 heteroatoms. The van der Waals surface area contributed by atoms with Crippen molar-refractivity contribution in [2.75, 3.05) is 30.8 Å². The average molecular weight is 472 g/mol. The number of nitrogens with zero attached hydrogens (tertiary/aromatic N) is 1. The number of anilines is 2. The van der Waals surface area contributed by atoms with Gasteiger partial charge in [-0.05, 0) is 74.1 Å². The number of methoxy groups -OCH3 is 1. The van der Waals surface area contributed by atoms with E-state index >= 15 is 0 Å². The van der Waals surface area contributed by atoms with Crippen LogP contribution < -0.4 is 15.4 Å². The van der Waals surface area contributed by atoms with E-state index in [-0.39, 0.29) is 35.7 Å². The van der Waals surface area contributed by atoms with Gasteiger partial charge in [0.15, 0.2) is 0 Å². The molecule has 4 rings (SSSR count). The minimum absolute atomic E-state index is 0.0482. The minimum atomic E-state index is -3.68. The SMILES string of the molecule is COc1ccc(C)cc1NC(=O)C1CCN(S(=O)(=O)c2ccc3c(c2)CCCC(=O)N3)CC1. The number of carbonyl (C=O) groups is 2. The summed E-state index contributed by atoms with van der Waals surface area (Å²) >= 11 is 0. The van der Waals surface area contributed by atoms with Gasteiger partial charge in [0, 0.05) is 31.1 Å². The second kappa shape index (κ2) is 9.52. The van der Waals surface area contributed by atoms with Crippen molar-refractivity contribution in [3.05, 3.63) is 47.5 Å². The number of fused-ring (bicyclic) bond motifs is 1. The zero-order valence-electron chi connectivity index (χ0n) is 18.9. The summed E-state index contributed by atoms with van der Waals surface area (Å²) < 4.78 is 33.2. The summed E-state index contributed by atoms with van der Waals surface area (Å²) in [6.45, 7) is 2.49. The lowest BCUT2D eigenvalue weighted by Gasteiger charge is -2.30. The van der Waals surface area contributed by atoms with Crippen LogP contribution in [-0.4, -0.2) is 44.7 Å². The van der Waals surface area contributed by atoms with Gasteiger partial charge in [0.1, 0.15) is 5.75 Å². The van der Waals surface area contributed by atoms with Crippen molar-refractivity contribution < 1.29 is 22.7 Å². The number of ether oxygens (including phenoxy) is 1. The molecule has 33 heavy (non-hydrogen) atoms. The molecule has 8 nitrogen and oxygen atoms in total. The third-order valence-electron chi connectivity index (χ3n) is 6.28. The summed E-state index contributed by atoms with van der Waals surface area (Å²) in [6, 6.07) is 10.5. The number of rotatable bonds is 5. The van der Waals surface area contributed by atoms with Crippen LogP contribution in [0.4, 0.5) is 11.4 Å². The van der Waals surface area contributed by atoms with Crippen molar-refractivity contribution in [1.82, 2.24) is 4.31 Å². The third kappa shape index (κ3) is 5.04. The predicted molar refractivity (Wildman–Crippen MR) is 126 cm³/mol. The van der Waals surface area contributed by atoms with Crippen molar-refractivity contribution in [2.24, 2.45) is 5.92 Å². The molecule has 2 aromatic carbocycles. The highest BCUT2D eigenvalue weighted by atomic mass is 32.2. The van der Waals surface area contributed by atoms with Crippen LogP contribution in [-0.2, 0) is 26.0 Å². The molecule has 0 aliphatic carbocycles. The molecule has 2 N–H and O–H groups in total. The van der Waals surface area contributed by atoms with E-state index in [4.69, 9.17) is 4.74 Å². The molecule has 2 aromatic rings. The Kier molecular flexibility index (Phi) is 6.71. The smallest absolute Gasteiger partial charge is 0.243 e. The first-order valence-electron chi connectivity index (χ1n) is 11.2. The standard InChI is InChI=1S/C24H29N3O5S/c1-16-6-9-22(32-2)21(14-16)26-24(29)17-10-12-27(13-11-17)33(30,31)19-7-8-20-18(15-19)4-3-5-23(28)25-20/h6-9,14-15,17H,3-5,10-13H2,1-2H3,(H,25,28)(H,26,29). The van der Waals surface area contributed by atoms with Crippen LogP contribution in [0.2, 0.25) is 0 Å². The third-order valence-corrected chi connectivity index (χ3v) is 8.17. The van der Waals surface area contributed by atoms with Gasteiger partial charge in [0.2, 0.25) is 21.8 Å². The largest absolute Gasteiger partial charge is 0.495 e. The Morgan fingerprint density at radius 3 is 2.61 bits per heavy atom. The van der Waals surface area contributed by atoms with Gasteiger partial charge in [-0.15, -0.1) is 0 Å². The second-order valence-electron chi connectivity index (χ2n) is 8.59. The van der Waals surface area contributed by atoms with Gasteiger partial charge in [-0.1, -0.05) is 6.07 Å². The van der Waals surface area contributed by atoms with E-state index in [9.17, 15) is 18.0 Å². The van der Waals surface area contributed by atoms with Gasteiger partial charge in [-0.3, -0.25) is 9.59 Å². The molecule has 2 aliphatic rings. The normalized spacial score (nSPS) is 17.6. The maximum atomic E-state index is 13.2. The van der Waals surface area contributed by atoms with Gasteiger partial charge in [-0.25, -0.2) is 8.42 Å². The van der Waals surface area contributed by atoms with Crippen molar-refractivity contribution in [1.29, 1.82) is 0 Å². The number of amides is 2. The molecule has 2 aliphatic heterocycles. The minimum Gasteiger partial charge on any atom is -0.495 e. The van der Waals surface area contributed by atoms with Crippen LogP contribution in [0.15, 0.2) is 41.3 Å². The van der Waals surface area contributed by atoms with Crippen molar-refractivity contribution in [3.8, 4) is 5.75 Å². The zero-order chi connectivity index (χ0) is 23.6. The van der Waals surface area contributed by atoms with Gasteiger partial charge >= 0.3 is 0 Å². The van der Waals surface area contributed by atoms with E-state index in [0.29, 0.717) is 49.2 Å². The Morgan fingerprint density at radius 1 is 1.12 bits per heavy atom. The molecule has 176 valence electrons. The summed E-state index contributed by atoms with van der Waals surface area (Å²) in [5.74, 6) is 0.141. The van der Waals surface area contributed by atoms with Crippen molar-refractivity contribution >= 4 is 33.2 Å². The zero-order valence-corrected chi connectivity index (χ0v) is 19.7. The summed E-state index contributed by atoms with van der Waals surface area (Å²) in [4.78, 5) is 24.8. The molecule has 2 heterocycles. The molecule has 0 unspecified atom stereocenters. The van der Waals surface area contributed by atoms with Crippen LogP contribution >= 0.6 is 0 Å². The van der Waals surface area contributed by atoms with Crippen LogP contribution in [0.5, 0.6) is 5.75 Å². The fraction of sp³-hybridized carbons (Fsp3) is 0.417. The molecular formula is C24H29N3O5S. The molecule has 0 aromatic heterocycles. The number of carbonyl (C=O) groups excluding carboxylic acids is 2. The molecule has 0 spiro atoms. The van der Waals surface area contributed by atoms with Gasteiger partial charge in [-0.2, -0.15) is 4.31 Å². The summed E-state index contributed by atoms with van der Waals surface area (Å²) in [7, 11) is -2.12. The lowest BCUT2D eigenvalue weighted by molar-refractivity contribution is -0.121. The topological polar surface area (TPSA) is 105 Å². The first-order valence-corrected chi connectivity index (χ1v) is 12.6. The lowest BCUT2D eigenvalue weighted by Crippen LogP contribution is -2.41. The maximum Gasteiger partial charge on any atom is 0.243 e. The Hall–Kier alpha value is -2.91. The molecular weight excluding hydrogens is 442 g/mol. The number of hydrogen-bond donors (Lipinski definition) is 2. The molecule has 1 fully saturated rings. The Morgan fingerprint density at radius 2 is 1.88 bits per heavy atom. The van der Waals surface area contributed by atoms with Crippen LogP contribution in [0.3, 0.4) is 0 Å². The highest BCUT2D eigenvalue weighted by Crippen LogP contribution is 2.30. The van der Waals surface area contributed by atoms with Gasteiger partial charge < -0.3 is 15.4 Å². The number of hydrogen-bond acceptors (Lipinski definition) is 5. The Balaban J connectivity index is 1.42. The average Bonchev–Trinajstić information content (AvgIpc) is 2.99. The van der Waals surface area contributed by atoms with Crippen molar-refractivity contribution in [2.45, 2.75) is 43.9 Å². The number of aryl methyl sites for hydroxylation is 2. The number of benzene rings is 2. The quantitative estimate of drug-likeness (QED) is 0.696. The fourth-order valence-corrected chi connectivity index (χ4v) is 5.89. The molecule has 1 saturated heterocycles. The van der Waals surface area contributed by atoms with Crippen molar-refractivity contribution in [3.63, 3.8) is 0 Å². The molecule has 0 saturated carbocycles. The summed E-state index contributed by atoms with van der Waals surface area (Å²) in [6.07, 6.45) is 2.66. The first kappa shape index (κ1) is 23.3.